The molecular weight excluding hydrogens is 381 g/mol. The average Bonchev–Trinajstić information content (AvgIpc) is 3.09. The van der Waals surface area contributed by atoms with Gasteiger partial charge in [0, 0.05) is 11.6 Å². The van der Waals surface area contributed by atoms with Crippen LogP contribution < -0.4 is 15.6 Å². The van der Waals surface area contributed by atoms with Crippen molar-refractivity contribution >= 4 is 11.9 Å². The summed E-state index contributed by atoms with van der Waals surface area (Å²) in [4.78, 5) is 36.2. The largest absolute Gasteiger partial charge is 0.496 e. The molecule has 0 fully saturated rings. The van der Waals surface area contributed by atoms with Crippen LogP contribution in [-0.4, -0.2) is 33.9 Å². The summed E-state index contributed by atoms with van der Waals surface area (Å²) in [5, 5.41) is 14.5. The molecule has 0 bridgehead atoms. The van der Waals surface area contributed by atoms with Gasteiger partial charge in [-0.25, -0.2) is 9.07 Å². The molecular formula is C20H18FN3O5. The number of aliphatic carboxylic acids is 1. The Morgan fingerprint density at radius 2 is 1.90 bits per heavy atom. The molecule has 8 nitrogen and oxygen atoms in total. The van der Waals surface area contributed by atoms with Gasteiger partial charge in [0.25, 0.3) is 11.5 Å². The van der Waals surface area contributed by atoms with Gasteiger partial charge in [0.15, 0.2) is 0 Å². The maximum Gasteiger partial charge on any atom is 0.305 e. The lowest BCUT2D eigenvalue weighted by molar-refractivity contribution is -0.137. The number of hydrogen-bond donors (Lipinski definition) is 3. The molecule has 3 rings (SSSR count). The van der Waals surface area contributed by atoms with Crippen LogP contribution in [-0.2, 0) is 4.79 Å². The lowest BCUT2D eigenvalue weighted by Gasteiger charge is -2.19. The van der Waals surface area contributed by atoms with Crippen LogP contribution >= 0.6 is 0 Å². The van der Waals surface area contributed by atoms with Crippen LogP contribution in [0, 0.1) is 5.82 Å². The van der Waals surface area contributed by atoms with Crippen molar-refractivity contribution in [3.63, 3.8) is 0 Å². The van der Waals surface area contributed by atoms with Crippen molar-refractivity contribution in [2.24, 2.45) is 0 Å². The number of hydrogen-bond acceptors (Lipinski definition) is 4. The lowest BCUT2D eigenvalue weighted by Crippen LogP contribution is -2.30. The molecule has 29 heavy (non-hydrogen) atoms. The van der Waals surface area contributed by atoms with E-state index in [9.17, 15) is 23.9 Å². The molecule has 0 saturated carbocycles. The van der Waals surface area contributed by atoms with Gasteiger partial charge in [-0.2, -0.15) is 0 Å². The quantitative estimate of drug-likeness (QED) is 0.564. The second-order valence-electron chi connectivity index (χ2n) is 6.19. The Morgan fingerprint density at radius 3 is 2.55 bits per heavy atom. The molecule has 2 aromatic carbocycles. The molecule has 0 aliphatic rings. The first-order chi connectivity index (χ1) is 13.9. The Balaban J connectivity index is 1.88. The molecule has 1 atom stereocenters. The third-order valence-corrected chi connectivity index (χ3v) is 4.25. The van der Waals surface area contributed by atoms with E-state index in [1.54, 1.807) is 24.3 Å². The molecule has 0 radical (unpaired) electrons. The molecule has 150 valence electrons. The van der Waals surface area contributed by atoms with Gasteiger partial charge in [0.1, 0.15) is 17.3 Å². The summed E-state index contributed by atoms with van der Waals surface area (Å²) in [5.74, 6) is -1.81. The molecule has 0 aliphatic heterocycles. The number of benzene rings is 2. The number of carbonyl (C=O) groups is 2. The normalized spacial score (nSPS) is 11.7. The van der Waals surface area contributed by atoms with E-state index in [2.05, 4.69) is 10.4 Å². The van der Waals surface area contributed by atoms with Crippen molar-refractivity contribution in [1.29, 1.82) is 0 Å². The van der Waals surface area contributed by atoms with Gasteiger partial charge in [-0.05, 0) is 30.3 Å². The minimum Gasteiger partial charge on any atom is -0.496 e. The minimum atomic E-state index is -1.11. The number of carboxylic acid groups (broad SMARTS) is 1. The number of methoxy groups -OCH3 is 1. The van der Waals surface area contributed by atoms with Crippen molar-refractivity contribution in [3.05, 3.63) is 82.0 Å². The second-order valence-corrected chi connectivity index (χ2v) is 6.19. The maximum absolute atomic E-state index is 13.1. The SMILES string of the molecule is COc1ccccc1[C@H](CC(=O)O)NC(=O)c1cc(=O)n(-c2ccc(F)cc2)[nH]1. The Kier molecular flexibility index (Phi) is 5.77. The predicted molar refractivity (Wildman–Crippen MR) is 102 cm³/mol. The molecule has 1 aromatic heterocycles. The van der Waals surface area contributed by atoms with E-state index in [0.717, 1.165) is 10.7 Å². The summed E-state index contributed by atoms with van der Waals surface area (Å²) < 4.78 is 19.4. The van der Waals surface area contributed by atoms with Gasteiger partial charge in [0.05, 0.1) is 25.3 Å². The zero-order chi connectivity index (χ0) is 21.0. The Hall–Kier alpha value is -3.88. The fourth-order valence-corrected chi connectivity index (χ4v) is 2.90. The number of para-hydroxylation sites is 1. The number of nitrogens with one attached hydrogen (secondary N) is 2. The molecule has 0 aliphatic carbocycles. The van der Waals surface area contributed by atoms with Crippen molar-refractivity contribution in [1.82, 2.24) is 15.1 Å². The van der Waals surface area contributed by atoms with Crippen LogP contribution in [0.5, 0.6) is 5.75 Å². The van der Waals surface area contributed by atoms with E-state index in [0.29, 0.717) is 17.0 Å². The number of carbonyl (C=O) groups excluding carboxylic acids is 1. The van der Waals surface area contributed by atoms with Gasteiger partial charge in [-0.15, -0.1) is 0 Å². The van der Waals surface area contributed by atoms with Crippen LogP contribution in [0.3, 0.4) is 0 Å². The third kappa shape index (κ3) is 4.52. The summed E-state index contributed by atoms with van der Waals surface area (Å²) in [6.45, 7) is 0. The third-order valence-electron chi connectivity index (χ3n) is 4.25. The van der Waals surface area contributed by atoms with E-state index in [4.69, 9.17) is 4.74 Å². The molecule has 1 heterocycles. The molecule has 3 N–H and O–H groups in total. The fraction of sp³-hybridized carbons (Fsp3) is 0.150. The highest BCUT2D eigenvalue weighted by Crippen LogP contribution is 2.27. The van der Waals surface area contributed by atoms with Crippen LogP contribution in [0.4, 0.5) is 4.39 Å². The van der Waals surface area contributed by atoms with E-state index < -0.39 is 29.3 Å². The lowest BCUT2D eigenvalue weighted by atomic mass is 10.0. The second kappa shape index (κ2) is 8.42. The van der Waals surface area contributed by atoms with E-state index in [1.807, 2.05) is 0 Å². The molecule has 1 amide bonds. The van der Waals surface area contributed by atoms with Crippen molar-refractivity contribution in [2.45, 2.75) is 12.5 Å². The van der Waals surface area contributed by atoms with E-state index in [-0.39, 0.29) is 12.1 Å². The number of rotatable bonds is 7. The van der Waals surface area contributed by atoms with E-state index in [1.165, 1.54) is 31.4 Å². The summed E-state index contributed by atoms with van der Waals surface area (Å²) in [6.07, 6.45) is -0.380. The van der Waals surface area contributed by atoms with Crippen LogP contribution in [0.25, 0.3) is 5.69 Å². The summed E-state index contributed by atoms with van der Waals surface area (Å²) in [6, 6.07) is 12.1. The highest BCUT2D eigenvalue weighted by Gasteiger charge is 2.23. The number of ether oxygens (including phenoxy) is 1. The summed E-state index contributed by atoms with van der Waals surface area (Å²) in [7, 11) is 1.44. The number of carboxylic acids is 1. The number of amides is 1. The summed E-state index contributed by atoms with van der Waals surface area (Å²) >= 11 is 0. The van der Waals surface area contributed by atoms with Crippen molar-refractivity contribution < 1.29 is 23.8 Å². The van der Waals surface area contributed by atoms with Crippen molar-refractivity contribution in [2.75, 3.05) is 7.11 Å². The van der Waals surface area contributed by atoms with Gasteiger partial charge in [-0.3, -0.25) is 19.5 Å². The fourth-order valence-electron chi connectivity index (χ4n) is 2.90. The first-order valence-electron chi connectivity index (χ1n) is 8.62. The number of H-pyrrole nitrogens is 1. The smallest absolute Gasteiger partial charge is 0.305 e. The van der Waals surface area contributed by atoms with Gasteiger partial charge in [-0.1, -0.05) is 18.2 Å². The standard InChI is InChI=1S/C20H18FN3O5/c1-29-17-5-3-2-4-14(17)15(11-19(26)27)22-20(28)16-10-18(25)24(23-16)13-8-6-12(21)7-9-13/h2-10,15,23H,11H2,1H3,(H,22,28)(H,26,27)/t15-/m0/s1. The molecule has 9 heteroatoms. The topological polar surface area (TPSA) is 113 Å². The molecule has 0 unspecified atom stereocenters. The average molecular weight is 399 g/mol. The summed E-state index contributed by atoms with van der Waals surface area (Å²) in [5.41, 5.74) is 0.256. The number of halogens is 1. The number of aromatic amines is 1. The highest BCUT2D eigenvalue weighted by atomic mass is 19.1. The molecule has 3 aromatic rings. The number of nitrogens with zero attached hydrogens (tertiary/aromatic N) is 1. The Morgan fingerprint density at radius 1 is 1.21 bits per heavy atom. The Bertz CT molecular complexity index is 1090. The van der Waals surface area contributed by atoms with Crippen LogP contribution in [0.2, 0.25) is 0 Å². The van der Waals surface area contributed by atoms with E-state index >= 15 is 0 Å². The molecule has 0 saturated heterocycles. The first kappa shape index (κ1) is 19.9. The van der Waals surface area contributed by atoms with Crippen LogP contribution in [0.1, 0.15) is 28.5 Å². The zero-order valence-electron chi connectivity index (χ0n) is 15.4. The predicted octanol–water partition coefficient (Wildman–Crippen LogP) is 2.26. The van der Waals surface area contributed by atoms with Gasteiger partial charge in [0.2, 0.25) is 0 Å². The monoisotopic (exact) mass is 399 g/mol. The number of aromatic nitrogens is 2. The van der Waals surface area contributed by atoms with Crippen molar-refractivity contribution in [3.8, 4) is 11.4 Å². The maximum atomic E-state index is 13.1. The molecule has 0 spiro atoms. The van der Waals surface area contributed by atoms with Gasteiger partial charge >= 0.3 is 5.97 Å². The highest BCUT2D eigenvalue weighted by molar-refractivity contribution is 5.92. The first-order valence-corrected chi connectivity index (χ1v) is 8.62. The zero-order valence-corrected chi connectivity index (χ0v) is 15.4. The Labute approximate surface area is 164 Å². The minimum absolute atomic E-state index is 0.0652. The van der Waals surface area contributed by atoms with Gasteiger partial charge < -0.3 is 15.2 Å². The van der Waals surface area contributed by atoms with Crippen LogP contribution in [0.15, 0.2) is 59.4 Å².